The highest BCUT2D eigenvalue weighted by molar-refractivity contribution is 5.11. The van der Waals surface area contributed by atoms with E-state index in [-0.39, 0.29) is 0 Å². The molecule has 0 amide bonds. The predicted octanol–water partition coefficient (Wildman–Crippen LogP) is 3.87. The van der Waals surface area contributed by atoms with Crippen LogP contribution in [0.4, 0.5) is 0 Å². The summed E-state index contributed by atoms with van der Waals surface area (Å²) in [5, 5.41) is 0. The number of allylic oxidation sites excluding steroid dienone is 6. The van der Waals surface area contributed by atoms with Crippen LogP contribution in [-0.4, -0.2) is 0 Å². The quantitative estimate of drug-likeness (QED) is 0.568. The molecule has 2 aliphatic rings. The third-order valence-corrected chi connectivity index (χ3v) is 2.84. The van der Waals surface area contributed by atoms with E-state index in [9.17, 15) is 0 Å². The maximum Gasteiger partial charge on any atom is -0.0161 e. The van der Waals surface area contributed by atoms with Crippen molar-refractivity contribution in [1.29, 1.82) is 0 Å². The Hall–Kier alpha value is -0.780. The van der Waals surface area contributed by atoms with Crippen LogP contribution in [0, 0.1) is 11.8 Å². The molecule has 2 rings (SSSR count). The van der Waals surface area contributed by atoms with E-state index in [4.69, 9.17) is 0 Å². The van der Waals surface area contributed by atoms with Crippen molar-refractivity contribution in [3.8, 4) is 0 Å². The summed E-state index contributed by atoms with van der Waals surface area (Å²) < 4.78 is 0. The van der Waals surface area contributed by atoms with Gasteiger partial charge in [0.25, 0.3) is 0 Å². The summed E-state index contributed by atoms with van der Waals surface area (Å²) in [7, 11) is 0. The van der Waals surface area contributed by atoms with Crippen LogP contribution in [0.1, 0.15) is 32.1 Å². The molecule has 1 atom stereocenters. The highest BCUT2D eigenvalue weighted by Gasteiger charge is 2.18. The molecule has 2 aliphatic carbocycles. The minimum absolute atomic E-state index is 0.764. The van der Waals surface area contributed by atoms with Gasteiger partial charge in [0.1, 0.15) is 0 Å². The number of hydrogen-bond acceptors (Lipinski definition) is 0. The lowest BCUT2D eigenvalue weighted by Crippen LogP contribution is -1.94. The Kier molecular flexibility index (Phi) is 3.02. The monoisotopic (exact) mass is 174 g/mol. The van der Waals surface area contributed by atoms with E-state index in [1.165, 1.54) is 32.1 Å². The van der Waals surface area contributed by atoms with Gasteiger partial charge in [-0.15, -0.1) is 0 Å². The van der Waals surface area contributed by atoms with E-state index < -0.39 is 0 Å². The minimum Gasteiger partial charge on any atom is -0.0882 e. The second-order valence-electron chi connectivity index (χ2n) is 4.20. The summed E-state index contributed by atoms with van der Waals surface area (Å²) in [6.45, 7) is 0. The van der Waals surface area contributed by atoms with Gasteiger partial charge in [0.2, 0.25) is 0 Å². The van der Waals surface area contributed by atoms with Crippen LogP contribution in [0.25, 0.3) is 0 Å². The predicted molar refractivity (Wildman–Crippen MR) is 57.5 cm³/mol. The highest BCUT2D eigenvalue weighted by atomic mass is 14.2. The van der Waals surface area contributed by atoms with Crippen LogP contribution < -0.4 is 0 Å². The van der Waals surface area contributed by atoms with Gasteiger partial charge >= 0.3 is 0 Å². The molecule has 0 bridgehead atoms. The molecule has 1 saturated carbocycles. The van der Waals surface area contributed by atoms with Crippen LogP contribution in [0.15, 0.2) is 36.5 Å². The second kappa shape index (κ2) is 4.45. The molecular weight excluding hydrogens is 156 g/mol. The van der Waals surface area contributed by atoms with Crippen molar-refractivity contribution in [3.05, 3.63) is 36.5 Å². The average Bonchev–Trinajstić information content (AvgIpc) is 2.98. The molecule has 0 heteroatoms. The van der Waals surface area contributed by atoms with E-state index in [2.05, 4.69) is 36.5 Å². The molecule has 1 fully saturated rings. The Morgan fingerprint density at radius 2 is 1.92 bits per heavy atom. The molecule has 0 spiro atoms. The molecule has 0 heterocycles. The molecule has 1 unspecified atom stereocenters. The summed E-state index contributed by atoms with van der Waals surface area (Å²) >= 11 is 0. The first-order valence-electron chi connectivity index (χ1n) is 5.43. The Labute approximate surface area is 81.0 Å². The van der Waals surface area contributed by atoms with Crippen molar-refractivity contribution >= 4 is 0 Å². The Morgan fingerprint density at radius 3 is 2.62 bits per heavy atom. The molecule has 0 saturated heterocycles. The SMILES string of the molecule is C1=CCC(C/C=C/CC2CC2)C=C1. The summed E-state index contributed by atoms with van der Waals surface area (Å²) in [4.78, 5) is 0. The first kappa shape index (κ1) is 8.80. The molecule has 13 heavy (non-hydrogen) atoms. The topological polar surface area (TPSA) is 0 Å². The van der Waals surface area contributed by atoms with Crippen molar-refractivity contribution in [3.63, 3.8) is 0 Å². The standard InChI is InChI=1S/C13H18/c1-2-6-12(7-3-1)8-4-5-9-13-10-11-13/h1-6,12-13H,7-11H2/b5-4+. The fourth-order valence-electron chi connectivity index (χ4n) is 1.72. The average molecular weight is 174 g/mol. The lowest BCUT2D eigenvalue weighted by Gasteiger charge is -2.08. The molecule has 0 radical (unpaired) electrons. The van der Waals surface area contributed by atoms with Crippen molar-refractivity contribution in [1.82, 2.24) is 0 Å². The molecule has 0 aromatic heterocycles. The van der Waals surface area contributed by atoms with Gasteiger partial charge in [0.15, 0.2) is 0 Å². The molecule has 0 N–H and O–H groups in total. The Bertz CT molecular complexity index is 228. The van der Waals surface area contributed by atoms with Gasteiger partial charge in [-0.3, -0.25) is 0 Å². The maximum atomic E-state index is 2.38. The summed E-state index contributed by atoms with van der Waals surface area (Å²) in [6, 6.07) is 0. The largest absolute Gasteiger partial charge is 0.0882 e. The van der Waals surface area contributed by atoms with Crippen LogP contribution in [0.2, 0.25) is 0 Å². The molecular formula is C13H18. The van der Waals surface area contributed by atoms with Crippen molar-refractivity contribution in [2.75, 3.05) is 0 Å². The van der Waals surface area contributed by atoms with Crippen molar-refractivity contribution in [2.45, 2.75) is 32.1 Å². The van der Waals surface area contributed by atoms with Crippen LogP contribution in [-0.2, 0) is 0 Å². The fourth-order valence-corrected chi connectivity index (χ4v) is 1.72. The zero-order chi connectivity index (χ0) is 8.93. The normalized spacial score (nSPS) is 27.2. The maximum absolute atomic E-state index is 2.38. The zero-order valence-corrected chi connectivity index (χ0v) is 8.15. The van der Waals surface area contributed by atoms with Crippen LogP contribution in [0.5, 0.6) is 0 Å². The minimum atomic E-state index is 0.764. The first-order chi connectivity index (χ1) is 6.45. The zero-order valence-electron chi connectivity index (χ0n) is 8.15. The van der Waals surface area contributed by atoms with Gasteiger partial charge in [-0.1, -0.05) is 36.5 Å². The van der Waals surface area contributed by atoms with E-state index in [1.54, 1.807) is 0 Å². The third kappa shape index (κ3) is 3.22. The highest BCUT2D eigenvalue weighted by Crippen LogP contribution is 2.32. The molecule has 0 aromatic rings. The van der Waals surface area contributed by atoms with Gasteiger partial charge < -0.3 is 0 Å². The van der Waals surface area contributed by atoms with E-state index in [0.29, 0.717) is 0 Å². The van der Waals surface area contributed by atoms with Gasteiger partial charge in [-0.05, 0) is 43.9 Å². The van der Waals surface area contributed by atoms with E-state index >= 15 is 0 Å². The molecule has 70 valence electrons. The van der Waals surface area contributed by atoms with Gasteiger partial charge in [0, 0.05) is 0 Å². The molecule has 0 aromatic carbocycles. The smallest absolute Gasteiger partial charge is 0.0161 e. The lowest BCUT2D eigenvalue weighted by atomic mass is 9.97. The third-order valence-electron chi connectivity index (χ3n) is 2.84. The van der Waals surface area contributed by atoms with Crippen LogP contribution in [0.3, 0.4) is 0 Å². The number of hydrogen-bond donors (Lipinski definition) is 0. The Morgan fingerprint density at radius 1 is 1.08 bits per heavy atom. The fraction of sp³-hybridized carbons (Fsp3) is 0.538. The first-order valence-corrected chi connectivity index (χ1v) is 5.43. The van der Waals surface area contributed by atoms with Crippen molar-refractivity contribution < 1.29 is 0 Å². The van der Waals surface area contributed by atoms with E-state index in [1.807, 2.05) is 0 Å². The van der Waals surface area contributed by atoms with Crippen molar-refractivity contribution in [2.24, 2.45) is 11.8 Å². The summed E-state index contributed by atoms with van der Waals surface area (Å²) in [5.41, 5.74) is 0. The molecule has 0 aliphatic heterocycles. The van der Waals surface area contributed by atoms with Gasteiger partial charge in [0.05, 0.1) is 0 Å². The summed E-state index contributed by atoms with van der Waals surface area (Å²) in [6.07, 6.45) is 20.4. The number of rotatable bonds is 4. The molecule has 0 nitrogen and oxygen atoms in total. The van der Waals surface area contributed by atoms with Crippen LogP contribution >= 0.6 is 0 Å². The van der Waals surface area contributed by atoms with Gasteiger partial charge in [-0.25, -0.2) is 0 Å². The Balaban J connectivity index is 1.63. The van der Waals surface area contributed by atoms with Gasteiger partial charge in [-0.2, -0.15) is 0 Å². The lowest BCUT2D eigenvalue weighted by molar-refractivity contribution is 0.666. The summed E-state index contributed by atoms with van der Waals surface area (Å²) in [5.74, 6) is 1.80. The second-order valence-corrected chi connectivity index (χ2v) is 4.20. The van der Waals surface area contributed by atoms with E-state index in [0.717, 1.165) is 11.8 Å².